The summed E-state index contributed by atoms with van der Waals surface area (Å²) < 4.78 is 5.60. The normalized spacial score (nSPS) is 16.6. The molecule has 4 nitrogen and oxygen atoms in total. The molecule has 25 heavy (non-hydrogen) atoms. The summed E-state index contributed by atoms with van der Waals surface area (Å²) in [4.78, 5) is 4.81. The van der Waals surface area contributed by atoms with E-state index in [0.29, 0.717) is 17.2 Å². The van der Waals surface area contributed by atoms with Gasteiger partial charge in [-0.2, -0.15) is 0 Å². The highest BCUT2D eigenvalue weighted by Crippen LogP contribution is 2.23. The van der Waals surface area contributed by atoms with Gasteiger partial charge in [-0.15, -0.1) is 0 Å². The Labute approximate surface area is 154 Å². The smallest absolute Gasteiger partial charge is 0.138 e. The van der Waals surface area contributed by atoms with E-state index < -0.39 is 6.10 Å². The second kappa shape index (κ2) is 9.09. The minimum Gasteiger partial charge on any atom is -0.489 e. The molecule has 2 aromatic carbocycles. The van der Waals surface area contributed by atoms with Gasteiger partial charge in [-0.25, -0.2) is 0 Å². The second-order valence-electron chi connectivity index (χ2n) is 6.35. The number of aliphatic hydroxyl groups excluding tert-OH is 1. The molecular formula is C20H25ClN2O2. The minimum absolute atomic E-state index is 0.272. The first-order valence-electron chi connectivity index (χ1n) is 8.80. The van der Waals surface area contributed by atoms with E-state index in [1.807, 2.05) is 24.3 Å². The van der Waals surface area contributed by atoms with Gasteiger partial charge in [0.05, 0.1) is 11.1 Å². The third-order valence-corrected chi connectivity index (χ3v) is 4.85. The Kier molecular flexibility index (Phi) is 6.56. The van der Waals surface area contributed by atoms with Crippen LogP contribution in [0.1, 0.15) is 6.42 Å². The number of rotatable bonds is 7. The van der Waals surface area contributed by atoms with Crippen LogP contribution in [-0.2, 0) is 0 Å². The lowest BCUT2D eigenvalue weighted by molar-refractivity contribution is 0.0867. The number of nitrogens with zero attached hydrogens (tertiary/aromatic N) is 2. The van der Waals surface area contributed by atoms with Crippen LogP contribution in [0.15, 0.2) is 54.6 Å². The fourth-order valence-electron chi connectivity index (χ4n) is 3.03. The van der Waals surface area contributed by atoms with E-state index in [0.717, 1.165) is 32.7 Å². The molecule has 0 radical (unpaired) electrons. The van der Waals surface area contributed by atoms with Gasteiger partial charge in [0.15, 0.2) is 0 Å². The Bertz CT molecular complexity index is 645. The zero-order chi connectivity index (χ0) is 17.5. The fraction of sp³-hybridized carbons (Fsp3) is 0.400. The van der Waals surface area contributed by atoms with Gasteiger partial charge in [-0.3, -0.25) is 4.90 Å². The number of halogens is 1. The van der Waals surface area contributed by atoms with Crippen molar-refractivity contribution in [3.05, 3.63) is 59.6 Å². The van der Waals surface area contributed by atoms with Crippen molar-refractivity contribution >= 4 is 17.3 Å². The van der Waals surface area contributed by atoms with Gasteiger partial charge in [-0.05, 0) is 30.7 Å². The first-order valence-corrected chi connectivity index (χ1v) is 9.18. The molecule has 134 valence electrons. The summed E-state index contributed by atoms with van der Waals surface area (Å²) in [6, 6.07) is 17.9. The molecule has 3 rings (SSSR count). The standard InChI is InChI=1S/C20H25ClN2O2/c21-19-8-4-5-9-20(19)25-16-18(24)10-11-22-12-14-23(15-13-22)17-6-2-1-3-7-17/h1-9,18,24H,10-16H2. The van der Waals surface area contributed by atoms with E-state index in [2.05, 4.69) is 34.1 Å². The summed E-state index contributed by atoms with van der Waals surface area (Å²) in [6.45, 7) is 5.25. The molecule has 0 aromatic heterocycles. The third-order valence-electron chi connectivity index (χ3n) is 4.54. The first kappa shape index (κ1) is 18.1. The van der Waals surface area contributed by atoms with Crippen molar-refractivity contribution in [2.75, 3.05) is 44.2 Å². The van der Waals surface area contributed by atoms with Crippen molar-refractivity contribution in [3.8, 4) is 5.75 Å². The number of ether oxygens (including phenoxy) is 1. The SMILES string of the molecule is OC(CCN1CCN(c2ccccc2)CC1)COc1ccccc1Cl. The lowest BCUT2D eigenvalue weighted by Gasteiger charge is -2.36. The molecular weight excluding hydrogens is 336 g/mol. The van der Waals surface area contributed by atoms with E-state index in [1.54, 1.807) is 6.07 Å². The van der Waals surface area contributed by atoms with Gasteiger partial charge in [-0.1, -0.05) is 41.9 Å². The van der Waals surface area contributed by atoms with Crippen LogP contribution < -0.4 is 9.64 Å². The quantitative estimate of drug-likeness (QED) is 0.822. The molecule has 1 saturated heterocycles. The molecule has 1 unspecified atom stereocenters. The van der Waals surface area contributed by atoms with E-state index in [-0.39, 0.29) is 6.61 Å². The van der Waals surface area contributed by atoms with Crippen LogP contribution >= 0.6 is 11.6 Å². The molecule has 1 fully saturated rings. The molecule has 0 aliphatic carbocycles. The molecule has 2 aromatic rings. The van der Waals surface area contributed by atoms with Crippen LogP contribution in [-0.4, -0.2) is 55.4 Å². The van der Waals surface area contributed by atoms with Crippen LogP contribution in [0.2, 0.25) is 5.02 Å². The van der Waals surface area contributed by atoms with E-state index in [1.165, 1.54) is 5.69 Å². The molecule has 1 N–H and O–H groups in total. The summed E-state index contributed by atoms with van der Waals surface area (Å²) in [6.07, 6.45) is 0.221. The average Bonchev–Trinajstić information content (AvgIpc) is 2.67. The molecule has 0 bridgehead atoms. The van der Waals surface area contributed by atoms with Crippen molar-refractivity contribution in [1.29, 1.82) is 0 Å². The Hall–Kier alpha value is -1.75. The van der Waals surface area contributed by atoms with Gasteiger partial charge in [0, 0.05) is 38.4 Å². The Morgan fingerprint density at radius 1 is 0.960 bits per heavy atom. The number of piperazine rings is 1. The largest absolute Gasteiger partial charge is 0.489 e. The van der Waals surface area contributed by atoms with E-state index in [4.69, 9.17) is 16.3 Å². The number of aliphatic hydroxyl groups is 1. The maximum atomic E-state index is 10.2. The highest BCUT2D eigenvalue weighted by atomic mass is 35.5. The summed E-state index contributed by atoms with van der Waals surface area (Å²) in [5.74, 6) is 0.625. The Morgan fingerprint density at radius 2 is 1.64 bits per heavy atom. The molecule has 1 aliphatic heterocycles. The van der Waals surface area contributed by atoms with Gasteiger partial charge in [0.25, 0.3) is 0 Å². The Morgan fingerprint density at radius 3 is 2.36 bits per heavy atom. The van der Waals surface area contributed by atoms with Crippen LogP contribution in [0.25, 0.3) is 0 Å². The maximum absolute atomic E-state index is 10.2. The van der Waals surface area contributed by atoms with Crippen LogP contribution in [0.3, 0.4) is 0 Å². The van der Waals surface area contributed by atoms with Crippen LogP contribution in [0, 0.1) is 0 Å². The lowest BCUT2D eigenvalue weighted by Crippen LogP contribution is -2.47. The van der Waals surface area contributed by atoms with Crippen molar-refractivity contribution in [2.24, 2.45) is 0 Å². The molecule has 1 aliphatic rings. The predicted octanol–water partition coefficient (Wildman–Crippen LogP) is 3.29. The van der Waals surface area contributed by atoms with Gasteiger partial charge in [0.1, 0.15) is 12.4 Å². The number of hydrogen-bond acceptors (Lipinski definition) is 4. The summed E-state index contributed by atoms with van der Waals surface area (Å²) in [5.41, 5.74) is 1.29. The maximum Gasteiger partial charge on any atom is 0.138 e. The van der Waals surface area contributed by atoms with Gasteiger partial charge < -0.3 is 14.7 Å². The van der Waals surface area contributed by atoms with Crippen molar-refractivity contribution in [3.63, 3.8) is 0 Å². The Balaban J connectivity index is 1.36. The molecule has 0 spiro atoms. The van der Waals surface area contributed by atoms with Crippen molar-refractivity contribution in [2.45, 2.75) is 12.5 Å². The predicted molar refractivity (Wildman–Crippen MR) is 103 cm³/mol. The lowest BCUT2D eigenvalue weighted by atomic mass is 10.2. The molecule has 5 heteroatoms. The zero-order valence-electron chi connectivity index (χ0n) is 14.4. The van der Waals surface area contributed by atoms with E-state index in [9.17, 15) is 5.11 Å². The van der Waals surface area contributed by atoms with Crippen LogP contribution in [0.4, 0.5) is 5.69 Å². The molecule has 0 amide bonds. The van der Waals surface area contributed by atoms with Gasteiger partial charge >= 0.3 is 0 Å². The first-order chi connectivity index (χ1) is 12.2. The average molecular weight is 361 g/mol. The molecule has 1 heterocycles. The zero-order valence-corrected chi connectivity index (χ0v) is 15.1. The van der Waals surface area contributed by atoms with Crippen LogP contribution in [0.5, 0.6) is 5.75 Å². The summed E-state index contributed by atoms with van der Waals surface area (Å²) >= 11 is 6.05. The summed E-state index contributed by atoms with van der Waals surface area (Å²) in [7, 11) is 0. The number of anilines is 1. The summed E-state index contributed by atoms with van der Waals surface area (Å²) in [5, 5.41) is 10.7. The number of para-hydroxylation sites is 2. The number of benzene rings is 2. The minimum atomic E-state index is -0.483. The highest BCUT2D eigenvalue weighted by Gasteiger charge is 2.18. The number of hydrogen-bond donors (Lipinski definition) is 1. The topological polar surface area (TPSA) is 35.9 Å². The molecule has 0 saturated carbocycles. The van der Waals surface area contributed by atoms with Crippen molar-refractivity contribution in [1.82, 2.24) is 4.90 Å². The monoisotopic (exact) mass is 360 g/mol. The molecule has 1 atom stereocenters. The highest BCUT2D eigenvalue weighted by molar-refractivity contribution is 6.32. The third kappa shape index (κ3) is 5.36. The van der Waals surface area contributed by atoms with E-state index >= 15 is 0 Å². The van der Waals surface area contributed by atoms with Crippen molar-refractivity contribution < 1.29 is 9.84 Å². The van der Waals surface area contributed by atoms with Gasteiger partial charge in [0.2, 0.25) is 0 Å². The fourth-order valence-corrected chi connectivity index (χ4v) is 3.22. The second-order valence-corrected chi connectivity index (χ2v) is 6.76.